The third kappa shape index (κ3) is 7.35. The van der Waals surface area contributed by atoms with Gasteiger partial charge in [-0.1, -0.05) is 48.5 Å². The molecule has 1 unspecified atom stereocenters. The number of alkyl carbamates (subject to hydrolysis) is 1. The molecule has 0 aliphatic heterocycles. The molecule has 224 valence electrons. The predicted octanol–water partition coefficient (Wildman–Crippen LogP) is 6.42. The predicted molar refractivity (Wildman–Crippen MR) is 167 cm³/mol. The highest BCUT2D eigenvalue weighted by molar-refractivity contribution is 5.83. The van der Waals surface area contributed by atoms with E-state index in [-0.39, 0.29) is 0 Å². The minimum absolute atomic E-state index is 0.444. The van der Waals surface area contributed by atoms with Crippen LogP contribution in [-0.2, 0) is 30.5 Å². The van der Waals surface area contributed by atoms with Crippen molar-refractivity contribution in [3.63, 3.8) is 0 Å². The average molecular weight is 582 g/mol. The van der Waals surface area contributed by atoms with Crippen molar-refractivity contribution in [1.82, 2.24) is 25.1 Å². The summed E-state index contributed by atoms with van der Waals surface area (Å²) < 4.78 is 18.9. The van der Waals surface area contributed by atoms with Crippen LogP contribution in [0.3, 0.4) is 0 Å². The zero-order chi connectivity index (χ0) is 30.4. The number of aryl methyl sites for hydroxylation is 2. The highest BCUT2D eigenvalue weighted by Crippen LogP contribution is 2.29. The molecule has 0 fully saturated rings. The molecule has 1 amide bonds. The second-order valence-corrected chi connectivity index (χ2v) is 11.5. The largest absolute Gasteiger partial charge is 0.497 e. The number of rotatable bonds is 11. The maximum Gasteiger partial charge on any atom is 0.408 e. The second kappa shape index (κ2) is 13.0. The molecule has 0 radical (unpaired) electrons. The van der Waals surface area contributed by atoms with E-state index in [1.807, 2.05) is 81.6 Å². The summed E-state index contributed by atoms with van der Waals surface area (Å²) in [5.74, 6) is 2.85. The van der Waals surface area contributed by atoms with Crippen LogP contribution in [0.15, 0.2) is 79.0 Å². The lowest BCUT2D eigenvalue weighted by molar-refractivity contribution is 0.0500. The van der Waals surface area contributed by atoms with Crippen LogP contribution >= 0.6 is 0 Å². The van der Waals surface area contributed by atoms with E-state index in [2.05, 4.69) is 38.2 Å². The van der Waals surface area contributed by atoms with Gasteiger partial charge in [-0.25, -0.2) is 4.79 Å². The Morgan fingerprint density at radius 3 is 2.44 bits per heavy atom. The van der Waals surface area contributed by atoms with Gasteiger partial charge in [0.2, 0.25) is 0 Å². The summed E-state index contributed by atoms with van der Waals surface area (Å²) in [6.07, 6.45) is 3.42. The summed E-state index contributed by atoms with van der Waals surface area (Å²) >= 11 is 0. The van der Waals surface area contributed by atoms with Crippen molar-refractivity contribution in [2.45, 2.75) is 58.2 Å². The number of H-pyrrole nitrogens is 1. The number of fused-ring (bicyclic) bond motifs is 1. The fraction of sp³-hybridized carbons (Fsp3) is 0.324. The molecule has 0 saturated carbocycles. The Labute approximate surface area is 252 Å². The molecule has 1 atom stereocenters. The Kier molecular flexibility index (Phi) is 8.99. The van der Waals surface area contributed by atoms with Gasteiger partial charge in [0.15, 0.2) is 5.82 Å². The summed E-state index contributed by atoms with van der Waals surface area (Å²) in [6, 6.07) is 23.7. The number of hydrogen-bond acceptors (Lipinski definition) is 6. The van der Waals surface area contributed by atoms with Crippen LogP contribution in [0.25, 0.3) is 10.9 Å². The molecule has 3 aromatic carbocycles. The lowest BCUT2D eigenvalue weighted by Crippen LogP contribution is -2.37. The molecule has 0 spiro atoms. The fourth-order valence-corrected chi connectivity index (χ4v) is 5.19. The van der Waals surface area contributed by atoms with Crippen LogP contribution in [0, 0.1) is 0 Å². The Balaban J connectivity index is 1.56. The zero-order valence-electron chi connectivity index (χ0n) is 25.4. The Morgan fingerprint density at radius 1 is 0.930 bits per heavy atom. The number of hydrogen-bond donors (Lipinski definition) is 2. The standard InChI is InChI=1S/C34H39N5O4/c1-34(2,3)43-33(40)36-29(19-25-21-35-28-14-10-9-13-27(25)28)32-38-37-31(18-15-23-11-7-6-8-12-23)39(32)22-24-16-17-26(41-4)20-30(24)42-5/h6-14,16-17,20-21,29,35H,15,18-19,22H2,1-5H3,(H,36,40). The van der Waals surface area contributed by atoms with Crippen LogP contribution < -0.4 is 14.8 Å². The quantitative estimate of drug-likeness (QED) is 0.187. The highest BCUT2D eigenvalue weighted by atomic mass is 16.6. The molecule has 43 heavy (non-hydrogen) atoms. The van der Waals surface area contributed by atoms with E-state index in [1.54, 1.807) is 14.2 Å². The van der Waals surface area contributed by atoms with E-state index in [0.717, 1.165) is 34.3 Å². The van der Waals surface area contributed by atoms with Crippen LogP contribution in [0.4, 0.5) is 4.79 Å². The van der Waals surface area contributed by atoms with Crippen molar-refractivity contribution in [1.29, 1.82) is 0 Å². The number of aromatic amines is 1. The number of nitrogens with one attached hydrogen (secondary N) is 2. The summed E-state index contributed by atoms with van der Waals surface area (Å²) in [5, 5.41) is 13.5. The summed E-state index contributed by atoms with van der Waals surface area (Å²) in [6.45, 7) is 5.99. The summed E-state index contributed by atoms with van der Waals surface area (Å²) in [7, 11) is 3.28. The maximum absolute atomic E-state index is 13.2. The number of ether oxygens (including phenoxy) is 3. The summed E-state index contributed by atoms with van der Waals surface area (Å²) in [4.78, 5) is 16.5. The first-order chi connectivity index (χ1) is 20.7. The summed E-state index contributed by atoms with van der Waals surface area (Å²) in [5.41, 5.74) is 3.58. The molecule has 5 rings (SSSR count). The Bertz CT molecular complexity index is 1670. The lowest BCUT2D eigenvalue weighted by Gasteiger charge is -2.24. The van der Waals surface area contributed by atoms with Gasteiger partial charge in [0, 0.05) is 41.6 Å². The Morgan fingerprint density at radius 2 is 1.70 bits per heavy atom. The number of para-hydroxylation sites is 1. The molecular formula is C34H39N5O4. The number of aromatic nitrogens is 4. The van der Waals surface area contributed by atoms with Gasteiger partial charge in [-0.15, -0.1) is 10.2 Å². The molecule has 9 nitrogen and oxygen atoms in total. The van der Waals surface area contributed by atoms with Crippen LogP contribution in [-0.4, -0.2) is 45.7 Å². The van der Waals surface area contributed by atoms with Gasteiger partial charge in [0.25, 0.3) is 0 Å². The number of amides is 1. The highest BCUT2D eigenvalue weighted by Gasteiger charge is 2.27. The monoisotopic (exact) mass is 581 g/mol. The van der Waals surface area contributed by atoms with Crippen molar-refractivity contribution in [2.24, 2.45) is 0 Å². The molecule has 2 aromatic heterocycles. The van der Waals surface area contributed by atoms with Gasteiger partial charge in [-0.05, 0) is 56.5 Å². The molecule has 2 N–H and O–H groups in total. The first-order valence-corrected chi connectivity index (χ1v) is 14.5. The first-order valence-electron chi connectivity index (χ1n) is 14.5. The third-order valence-electron chi connectivity index (χ3n) is 7.26. The Hall–Kier alpha value is -4.79. The van der Waals surface area contributed by atoms with E-state index >= 15 is 0 Å². The molecular weight excluding hydrogens is 542 g/mol. The van der Waals surface area contributed by atoms with Crippen molar-refractivity contribution >= 4 is 17.0 Å². The minimum Gasteiger partial charge on any atom is -0.497 e. The average Bonchev–Trinajstić information content (AvgIpc) is 3.59. The van der Waals surface area contributed by atoms with Crippen molar-refractivity contribution in [3.05, 3.63) is 107 Å². The van der Waals surface area contributed by atoms with Crippen LogP contribution in [0.5, 0.6) is 11.5 Å². The normalized spacial score (nSPS) is 12.2. The van der Waals surface area contributed by atoms with E-state index in [1.165, 1.54) is 5.56 Å². The van der Waals surface area contributed by atoms with E-state index in [4.69, 9.17) is 19.3 Å². The molecule has 5 aromatic rings. The maximum atomic E-state index is 13.2. The second-order valence-electron chi connectivity index (χ2n) is 11.5. The van der Waals surface area contributed by atoms with Gasteiger partial charge in [-0.2, -0.15) is 0 Å². The van der Waals surface area contributed by atoms with Gasteiger partial charge >= 0.3 is 6.09 Å². The fourth-order valence-electron chi connectivity index (χ4n) is 5.19. The van der Waals surface area contributed by atoms with Crippen LogP contribution in [0.2, 0.25) is 0 Å². The molecule has 0 saturated heterocycles. The number of benzene rings is 3. The van der Waals surface area contributed by atoms with Crippen molar-refractivity contribution in [2.75, 3.05) is 14.2 Å². The van der Waals surface area contributed by atoms with E-state index in [0.29, 0.717) is 36.7 Å². The lowest BCUT2D eigenvalue weighted by atomic mass is 10.0. The molecule has 2 heterocycles. The number of methoxy groups -OCH3 is 2. The van der Waals surface area contributed by atoms with Crippen molar-refractivity contribution < 1.29 is 19.0 Å². The molecule has 0 aliphatic carbocycles. The van der Waals surface area contributed by atoms with E-state index < -0.39 is 17.7 Å². The van der Waals surface area contributed by atoms with Crippen molar-refractivity contribution in [3.8, 4) is 11.5 Å². The van der Waals surface area contributed by atoms with E-state index in [9.17, 15) is 4.79 Å². The SMILES string of the molecule is COc1ccc(Cn2c(CCc3ccccc3)nnc2C(Cc2c[nH]c3ccccc23)NC(=O)OC(C)(C)C)c(OC)c1. The van der Waals surface area contributed by atoms with Gasteiger partial charge in [0.1, 0.15) is 22.9 Å². The molecule has 0 aliphatic rings. The number of nitrogens with zero attached hydrogens (tertiary/aromatic N) is 3. The topological polar surface area (TPSA) is 103 Å². The van der Waals surface area contributed by atoms with Crippen LogP contribution in [0.1, 0.15) is 55.2 Å². The third-order valence-corrected chi connectivity index (χ3v) is 7.26. The smallest absolute Gasteiger partial charge is 0.408 e. The van der Waals surface area contributed by atoms with Gasteiger partial charge in [-0.3, -0.25) is 0 Å². The first kappa shape index (κ1) is 29.7. The zero-order valence-corrected chi connectivity index (χ0v) is 25.4. The van der Waals surface area contributed by atoms with Gasteiger partial charge in [0.05, 0.1) is 26.8 Å². The minimum atomic E-state index is -0.652. The molecule has 0 bridgehead atoms. The number of carbonyl (C=O) groups excluding carboxylic acids is 1. The van der Waals surface area contributed by atoms with Gasteiger partial charge < -0.3 is 29.1 Å². The number of carbonyl (C=O) groups is 1. The molecule has 9 heteroatoms.